The molecule has 0 aromatic heterocycles. The van der Waals surface area contributed by atoms with Crippen molar-refractivity contribution in [2.45, 2.75) is 32.4 Å². The lowest BCUT2D eigenvalue weighted by Gasteiger charge is -2.35. The number of hydrogen-bond acceptors (Lipinski definition) is 2. The molecule has 2 aliphatic rings. The second-order valence-corrected chi connectivity index (χ2v) is 6.32. The molecule has 0 aliphatic carbocycles. The molecule has 0 unspecified atom stereocenters. The van der Waals surface area contributed by atoms with E-state index in [-0.39, 0.29) is 18.0 Å². The molecule has 0 spiro atoms. The summed E-state index contributed by atoms with van der Waals surface area (Å²) in [7, 11) is 0. The molecule has 19 heavy (non-hydrogen) atoms. The molecular weight excluding hydrogens is 260 g/mol. The Balaban J connectivity index is 1.83. The van der Waals surface area contributed by atoms with Crippen molar-refractivity contribution in [3.05, 3.63) is 29.3 Å². The number of rotatable bonds is 3. The van der Waals surface area contributed by atoms with Crippen LogP contribution in [0.4, 0.5) is 5.69 Å². The highest BCUT2D eigenvalue weighted by molar-refractivity contribution is 6.34. The van der Waals surface area contributed by atoms with Crippen molar-refractivity contribution in [1.29, 1.82) is 0 Å². The normalized spacial score (nSPS) is 26.7. The number of likely N-dealkylation sites (tertiary alicyclic amines) is 1. The molecule has 0 N–H and O–H groups in total. The molecular formula is C15H19ClN2O. The van der Waals surface area contributed by atoms with Crippen molar-refractivity contribution in [2.75, 3.05) is 18.0 Å². The Kier molecular flexibility index (Phi) is 3.27. The van der Waals surface area contributed by atoms with E-state index < -0.39 is 0 Å². The maximum atomic E-state index is 12.5. The van der Waals surface area contributed by atoms with Gasteiger partial charge in [-0.1, -0.05) is 37.6 Å². The van der Waals surface area contributed by atoms with Gasteiger partial charge in [-0.15, -0.1) is 0 Å². The van der Waals surface area contributed by atoms with E-state index in [1.165, 1.54) is 0 Å². The summed E-state index contributed by atoms with van der Waals surface area (Å²) < 4.78 is 0. The molecule has 2 bridgehead atoms. The first kappa shape index (κ1) is 12.9. The molecule has 2 aliphatic heterocycles. The zero-order chi connectivity index (χ0) is 13.6. The zero-order valence-corrected chi connectivity index (χ0v) is 12.1. The van der Waals surface area contributed by atoms with Crippen molar-refractivity contribution in [3.8, 4) is 0 Å². The molecule has 2 fully saturated rings. The first-order valence-electron chi connectivity index (χ1n) is 6.89. The van der Waals surface area contributed by atoms with E-state index in [0.29, 0.717) is 10.9 Å². The number of piperazine rings is 1. The molecule has 102 valence electrons. The van der Waals surface area contributed by atoms with E-state index in [4.69, 9.17) is 11.6 Å². The van der Waals surface area contributed by atoms with Gasteiger partial charge in [-0.2, -0.15) is 0 Å². The van der Waals surface area contributed by atoms with Crippen LogP contribution in [0.15, 0.2) is 24.3 Å². The van der Waals surface area contributed by atoms with Gasteiger partial charge in [0.2, 0.25) is 5.91 Å². The number of para-hydroxylation sites is 1. The van der Waals surface area contributed by atoms with Crippen LogP contribution < -0.4 is 4.90 Å². The molecule has 3 nitrogen and oxygen atoms in total. The summed E-state index contributed by atoms with van der Waals surface area (Å²) in [6.07, 6.45) is 0.941. The van der Waals surface area contributed by atoms with Gasteiger partial charge >= 0.3 is 0 Å². The van der Waals surface area contributed by atoms with Crippen LogP contribution in [-0.4, -0.2) is 36.0 Å². The lowest BCUT2D eigenvalue weighted by molar-refractivity contribution is -0.122. The van der Waals surface area contributed by atoms with Gasteiger partial charge in [-0.25, -0.2) is 0 Å². The smallest absolute Gasteiger partial charge is 0.244 e. The van der Waals surface area contributed by atoms with Crippen molar-refractivity contribution >= 4 is 23.2 Å². The number of amides is 1. The number of benzene rings is 1. The van der Waals surface area contributed by atoms with Crippen molar-refractivity contribution in [1.82, 2.24) is 4.90 Å². The molecule has 0 saturated carbocycles. The van der Waals surface area contributed by atoms with Crippen LogP contribution in [0.2, 0.25) is 5.02 Å². The van der Waals surface area contributed by atoms with E-state index >= 15 is 0 Å². The monoisotopic (exact) mass is 278 g/mol. The van der Waals surface area contributed by atoms with Crippen LogP contribution in [0.3, 0.4) is 0 Å². The number of nitrogens with zero attached hydrogens (tertiary/aromatic N) is 2. The number of carbonyl (C=O) groups is 1. The molecule has 2 heterocycles. The Bertz CT molecular complexity index is 503. The maximum absolute atomic E-state index is 12.5. The first-order valence-corrected chi connectivity index (χ1v) is 7.27. The highest BCUT2D eigenvalue weighted by Crippen LogP contribution is 2.38. The van der Waals surface area contributed by atoms with Crippen LogP contribution in [0, 0.1) is 5.92 Å². The van der Waals surface area contributed by atoms with Gasteiger partial charge in [0.15, 0.2) is 0 Å². The number of anilines is 1. The van der Waals surface area contributed by atoms with Crippen LogP contribution in [-0.2, 0) is 4.79 Å². The second-order valence-electron chi connectivity index (χ2n) is 5.91. The van der Waals surface area contributed by atoms with E-state index in [1.54, 1.807) is 0 Å². The van der Waals surface area contributed by atoms with Crippen LogP contribution in [0.5, 0.6) is 0 Å². The van der Waals surface area contributed by atoms with Crippen molar-refractivity contribution in [2.24, 2.45) is 5.92 Å². The molecule has 2 saturated heterocycles. The second kappa shape index (κ2) is 4.80. The largest absolute Gasteiger partial charge is 0.305 e. The van der Waals surface area contributed by atoms with Gasteiger partial charge in [-0.05, 0) is 24.5 Å². The summed E-state index contributed by atoms with van der Waals surface area (Å²) in [6.45, 7) is 6.37. The Morgan fingerprint density at radius 3 is 2.74 bits per heavy atom. The predicted octanol–water partition coefficient (Wildman–Crippen LogP) is 2.79. The summed E-state index contributed by atoms with van der Waals surface area (Å²) in [4.78, 5) is 16.8. The number of carbonyl (C=O) groups excluding carboxylic acids is 1. The number of hydrogen-bond donors (Lipinski definition) is 0. The third-order valence-electron chi connectivity index (χ3n) is 3.98. The van der Waals surface area contributed by atoms with Gasteiger partial charge in [0.05, 0.1) is 22.8 Å². The fourth-order valence-corrected chi connectivity index (χ4v) is 3.52. The first-order chi connectivity index (χ1) is 9.08. The van der Waals surface area contributed by atoms with Crippen LogP contribution >= 0.6 is 11.6 Å². The number of fused-ring (bicyclic) bond motifs is 2. The Morgan fingerprint density at radius 1 is 1.37 bits per heavy atom. The standard InChI is InChI=1S/C15H19ClN2O/c1-10(2)8-17-9-11-7-14(17)15(19)18(11)13-6-4-3-5-12(13)16/h3-6,10-11,14H,7-9H2,1-2H3/t11-,14-/m0/s1. The van der Waals surface area contributed by atoms with Crippen molar-refractivity contribution < 1.29 is 4.79 Å². The van der Waals surface area contributed by atoms with E-state index in [1.807, 2.05) is 29.2 Å². The lowest BCUT2D eigenvalue weighted by atomic mass is 10.1. The molecule has 3 rings (SSSR count). The average Bonchev–Trinajstić information content (AvgIpc) is 2.87. The van der Waals surface area contributed by atoms with Gasteiger partial charge in [0.1, 0.15) is 0 Å². The highest BCUT2D eigenvalue weighted by atomic mass is 35.5. The molecule has 1 aromatic rings. The molecule has 1 amide bonds. The minimum absolute atomic E-state index is 0.0590. The minimum atomic E-state index is 0.0590. The summed E-state index contributed by atoms with van der Waals surface area (Å²) in [5, 5.41) is 0.666. The topological polar surface area (TPSA) is 23.6 Å². The zero-order valence-electron chi connectivity index (χ0n) is 11.3. The predicted molar refractivity (Wildman–Crippen MR) is 77.5 cm³/mol. The Labute approximate surface area is 119 Å². The maximum Gasteiger partial charge on any atom is 0.244 e. The van der Waals surface area contributed by atoms with Gasteiger partial charge in [0, 0.05) is 13.1 Å². The Hall–Kier alpha value is -1.06. The molecule has 1 aromatic carbocycles. The van der Waals surface area contributed by atoms with Crippen LogP contribution in [0.1, 0.15) is 20.3 Å². The van der Waals surface area contributed by atoms with Crippen LogP contribution in [0.25, 0.3) is 0 Å². The summed E-state index contributed by atoms with van der Waals surface area (Å²) in [6, 6.07) is 7.97. The Morgan fingerprint density at radius 2 is 2.11 bits per heavy atom. The van der Waals surface area contributed by atoms with Gasteiger partial charge < -0.3 is 4.90 Å². The summed E-state index contributed by atoms with van der Waals surface area (Å²) in [5.74, 6) is 0.811. The average molecular weight is 279 g/mol. The third kappa shape index (κ3) is 2.15. The number of halogens is 1. The fourth-order valence-electron chi connectivity index (χ4n) is 3.30. The lowest BCUT2D eigenvalue weighted by Crippen LogP contribution is -2.51. The molecule has 0 radical (unpaired) electrons. The van der Waals surface area contributed by atoms with Gasteiger partial charge in [-0.3, -0.25) is 9.69 Å². The molecule has 2 atom stereocenters. The molecule has 4 heteroatoms. The summed E-state index contributed by atoms with van der Waals surface area (Å²) in [5.41, 5.74) is 0.867. The van der Waals surface area contributed by atoms with Gasteiger partial charge in [0.25, 0.3) is 0 Å². The summed E-state index contributed by atoms with van der Waals surface area (Å²) >= 11 is 6.22. The van der Waals surface area contributed by atoms with E-state index in [0.717, 1.165) is 25.2 Å². The van der Waals surface area contributed by atoms with E-state index in [2.05, 4.69) is 18.7 Å². The van der Waals surface area contributed by atoms with E-state index in [9.17, 15) is 4.79 Å². The SMILES string of the molecule is CC(C)CN1C[C@@H]2C[C@H]1C(=O)N2c1ccccc1Cl. The van der Waals surface area contributed by atoms with Crippen molar-refractivity contribution in [3.63, 3.8) is 0 Å². The quantitative estimate of drug-likeness (QED) is 0.849. The minimum Gasteiger partial charge on any atom is -0.305 e. The highest BCUT2D eigenvalue weighted by Gasteiger charge is 2.50. The fraction of sp³-hybridized carbons (Fsp3) is 0.533. The third-order valence-corrected chi connectivity index (χ3v) is 4.30.